The Morgan fingerprint density at radius 3 is 0.314 bits per heavy atom. The van der Waals surface area contributed by atoms with Crippen molar-refractivity contribution in [2.45, 2.75) is 0 Å². The molecule has 0 spiro atoms. The van der Waals surface area contributed by atoms with Gasteiger partial charge in [-0.05, 0) is 0 Å². The van der Waals surface area contributed by atoms with E-state index in [4.69, 9.17) is 91.5 Å². The van der Waals surface area contributed by atoms with Crippen molar-refractivity contribution in [3.05, 3.63) is 0 Å². The molecule has 0 aliphatic heterocycles. The average molecular weight is 818 g/mol. The van der Waals surface area contributed by atoms with E-state index in [-0.39, 0.29) is 74.4 Å². The largest absolute Gasteiger partial charge is 2.00 e. The van der Waals surface area contributed by atoms with Gasteiger partial charge in [0.05, 0.1) is 0 Å². The van der Waals surface area contributed by atoms with Gasteiger partial charge in [0, 0.05) is 31.2 Å². The van der Waals surface area contributed by atoms with Gasteiger partial charge in [-0.2, -0.15) is 0 Å². The fourth-order valence-corrected chi connectivity index (χ4v) is 0. The molecule has 0 radical (unpaired) electrons. The summed E-state index contributed by atoms with van der Waals surface area (Å²) in [5.41, 5.74) is 0. The molecule has 0 bridgehead atoms. The number of hydrogen-bond donors (Lipinski definition) is 4. The zero-order chi connectivity index (χ0) is 27.0. The van der Waals surface area contributed by atoms with Crippen molar-refractivity contribution in [1.82, 2.24) is 6.15 Å². The van der Waals surface area contributed by atoms with Crippen LogP contribution in [0.4, 0.5) is 0 Å². The number of rotatable bonds is 0. The van der Waals surface area contributed by atoms with Gasteiger partial charge in [0.25, 0.3) is 0 Å². The zero-order valence-electron chi connectivity index (χ0n) is 15.2. The molecule has 0 aliphatic rings. The first-order chi connectivity index (χ1) is 12.0. The first kappa shape index (κ1) is 70.7. The quantitative estimate of drug-likeness (QED) is 0.100. The molecule has 0 heterocycles. The molecule has 0 fully saturated rings. The van der Waals surface area contributed by atoms with Crippen LogP contribution in [0.5, 0.6) is 0 Å². The Hall–Kier alpha value is 1.26. The summed E-state index contributed by atoms with van der Waals surface area (Å²) in [6.07, 6.45) is 0. The van der Waals surface area contributed by atoms with E-state index >= 15 is 0 Å². The van der Waals surface area contributed by atoms with Crippen LogP contribution in [0.15, 0.2) is 0 Å². The third-order valence-electron chi connectivity index (χ3n) is 0. The maximum absolute atomic E-state index is 8.85. The molecule has 0 unspecified atom stereocenters. The van der Waals surface area contributed by atoms with Crippen LogP contribution in [-0.4, -0.2) is 91.5 Å². The van der Waals surface area contributed by atoms with Gasteiger partial charge in [0.1, 0.15) is 0 Å². The maximum Gasteiger partial charge on any atom is 2.00 e. The summed E-state index contributed by atoms with van der Waals surface area (Å²) in [6, 6.07) is 0. The van der Waals surface area contributed by atoms with Crippen LogP contribution in [-0.2, 0) is 130 Å². The van der Waals surface area contributed by atoms with Crippen LogP contribution < -0.4 is 21.6 Å². The van der Waals surface area contributed by atoms with Gasteiger partial charge in [-0.15, -0.1) is 0 Å². The van der Waals surface area contributed by atoms with E-state index in [1.807, 2.05) is 0 Å². The van der Waals surface area contributed by atoms with Crippen LogP contribution in [0.2, 0.25) is 0 Å². The molecule has 10 N–H and O–H groups in total. The minimum absolute atomic E-state index is 0. The Kier molecular flexibility index (Phi) is 60.2. The summed E-state index contributed by atoms with van der Waals surface area (Å²) in [4.78, 5) is 0. The SMILES string of the molecule is NS(=O)(=O)[O-].NS(=O)(=O)[O-].NS(=O)(=O)[O-].O=S(=O)([O-])[O-].O=S(=O)([O-])[O-].O=S(=O)([O-])[O-].[Fe+2].[Fe+2].[Fe+2].[Fe+2].[NH4+]. The maximum atomic E-state index is 8.85. The molecular formula is H10Fe4N4O21S6. The molecule has 224 valence electrons. The second-order valence-corrected chi connectivity index (χ2v) is 8.11. The van der Waals surface area contributed by atoms with Crippen molar-refractivity contribution in [2.24, 2.45) is 15.4 Å². The zero-order valence-corrected chi connectivity index (χ0v) is 24.5. The molecule has 25 nitrogen and oxygen atoms in total. The van der Waals surface area contributed by atoms with E-state index in [1.165, 1.54) is 0 Å². The molecule has 0 aromatic carbocycles. The van der Waals surface area contributed by atoms with E-state index in [1.54, 1.807) is 0 Å². The fraction of sp³-hybridized carbons (Fsp3) is 0. The van der Waals surface area contributed by atoms with Crippen molar-refractivity contribution >= 4 is 62.1 Å². The van der Waals surface area contributed by atoms with Crippen LogP contribution in [0, 0.1) is 0 Å². The molecule has 0 saturated heterocycles. The van der Waals surface area contributed by atoms with Crippen molar-refractivity contribution in [1.29, 1.82) is 0 Å². The van der Waals surface area contributed by atoms with Gasteiger partial charge in [0.2, 0.25) is 0 Å². The molecule has 0 amide bonds. The molecule has 0 aromatic heterocycles. The molecule has 0 aliphatic carbocycles. The van der Waals surface area contributed by atoms with Gasteiger partial charge in [0.15, 0.2) is 30.9 Å². The molecule has 35 heavy (non-hydrogen) atoms. The van der Waals surface area contributed by atoms with Gasteiger partial charge in [-0.3, -0.25) is 25.3 Å². The molecular weight excluding hydrogens is 808 g/mol. The van der Waals surface area contributed by atoms with Gasteiger partial charge >= 0.3 is 68.3 Å². The van der Waals surface area contributed by atoms with Crippen LogP contribution in [0.1, 0.15) is 0 Å². The predicted octanol–water partition coefficient (Wildman–Crippen LogP) is -8.43. The summed E-state index contributed by atoms with van der Waals surface area (Å²) < 4.78 is 182. The van der Waals surface area contributed by atoms with Gasteiger partial charge < -0.3 is 47.1 Å². The molecule has 0 aromatic rings. The second kappa shape index (κ2) is 29.8. The Bertz CT molecular complexity index is 788. The summed E-state index contributed by atoms with van der Waals surface area (Å²) >= 11 is 0. The average Bonchev–Trinajstić information content (AvgIpc) is 1.94. The Morgan fingerprint density at radius 2 is 0.314 bits per heavy atom. The minimum atomic E-state index is -5.17. The molecule has 0 saturated carbocycles. The number of hydrogen-bond acceptors (Lipinski definition) is 21. The van der Waals surface area contributed by atoms with E-state index in [2.05, 4.69) is 15.4 Å². The van der Waals surface area contributed by atoms with Crippen LogP contribution in [0.25, 0.3) is 0 Å². The Labute approximate surface area is 241 Å². The first-order valence-electron chi connectivity index (χ1n) is 4.21. The second-order valence-electron chi connectivity index (χ2n) is 2.70. The third kappa shape index (κ3) is 24600. The first-order valence-corrected chi connectivity index (χ1v) is 12.6. The monoisotopic (exact) mass is 818 g/mol. The molecule has 0 atom stereocenters. The summed E-state index contributed by atoms with van der Waals surface area (Å²) in [6.45, 7) is 0. The van der Waals surface area contributed by atoms with Crippen molar-refractivity contribution in [3.8, 4) is 0 Å². The smallest absolute Gasteiger partial charge is 0.759 e. The molecule has 35 heteroatoms. The van der Waals surface area contributed by atoms with E-state index in [0.29, 0.717) is 0 Å². The summed E-state index contributed by atoms with van der Waals surface area (Å²) in [5.74, 6) is 0. The van der Waals surface area contributed by atoms with Crippen LogP contribution in [0.3, 0.4) is 0 Å². The number of quaternary nitrogens is 1. The van der Waals surface area contributed by atoms with E-state index in [9.17, 15) is 0 Å². The Morgan fingerprint density at radius 1 is 0.314 bits per heavy atom. The molecule has 0 rings (SSSR count). The van der Waals surface area contributed by atoms with E-state index in [0.717, 1.165) is 0 Å². The minimum Gasteiger partial charge on any atom is -0.759 e. The van der Waals surface area contributed by atoms with Crippen molar-refractivity contribution < 1.29 is 160 Å². The van der Waals surface area contributed by atoms with Gasteiger partial charge in [-0.25, -0.2) is 40.7 Å². The normalized spacial score (nSPS) is 9.94. The topological polar surface area (TPSA) is 527 Å². The standard InChI is InChI=1S/4Fe.3H3NO3S.H3N.3H2O4S/c;;;;3*1-5(2,3)4;;3*1-5(2,3)4/h;;;;3*(H3,1,2,3,4);1H3;3*(H2,1,2,3,4)/q4*+2;;;;;;;/p-8. The summed E-state index contributed by atoms with van der Waals surface area (Å²) in [5, 5.41) is 11.3. The Balaban J connectivity index is -0.0000000213. The van der Waals surface area contributed by atoms with Crippen molar-refractivity contribution in [2.75, 3.05) is 0 Å². The van der Waals surface area contributed by atoms with Crippen molar-refractivity contribution in [3.63, 3.8) is 0 Å². The predicted molar refractivity (Wildman–Crippen MR) is 79.1 cm³/mol. The third-order valence-corrected chi connectivity index (χ3v) is 0. The van der Waals surface area contributed by atoms with E-state index < -0.39 is 62.1 Å². The fourth-order valence-electron chi connectivity index (χ4n) is 0. The number of nitrogens with two attached hydrogens (primary N) is 3. The summed E-state index contributed by atoms with van der Waals surface area (Å²) in [7, 11) is -28.7. The van der Waals surface area contributed by atoms with Crippen LogP contribution >= 0.6 is 0 Å². The van der Waals surface area contributed by atoms with Gasteiger partial charge in [-0.1, -0.05) is 0 Å².